The molecule has 1 aromatic carbocycles. The van der Waals surface area contributed by atoms with Crippen LogP contribution in [0.2, 0.25) is 5.02 Å². The monoisotopic (exact) mass is 255 g/mol. The highest BCUT2D eigenvalue weighted by Crippen LogP contribution is 2.29. The minimum atomic E-state index is -0.464. The van der Waals surface area contributed by atoms with Crippen molar-refractivity contribution in [1.29, 1.82) is 0 Å². The Morgan fingerprint density at radius 2 is 2.12 bits per heavy atom. The van der Waals surface area contributed by atoms with Crippen LogP contribution >= 0.6 is 23.4 Å². The molecule has 2 rings (SSSR count). The van der Waals surface area contributed by atoms with E-state index < -0.39 is 11.1 Å². The van der Waals surface area contributed by atoms with Gasteiger partial charge in [-0.15, -0.1) is 0 Å². The van der Waals surface area contributed by atoms with Crippen LogP contribution in [0.1, 0.15) is 5.56 Å². The summed E-state index contributed by atoms with van der Waals surface area (Å²) in [5, 5.41) is 11.7. The molecule has 1 saturated heterocycles. The second-order valence-electron chi connectivity index (χ2n) is 3.06. The van der Waals surface area contributed by atoms with Crippen LogP contribution < -0.4 is 5.32 Å². The molecule has 0 unspecified atom stereocenters. The van der Waals surface area contributed by atoms with E-state index in [0.29, 0.717) is 10.6 Å². The van der Waals surface area contributed by atoms with Crippen molar-refractivity contribution in [3.05, 3.63) is 33.7 Å². The number of phenols is 1. The van der Waals surface area contributed by atoms with Crippen LogP contribution in [0.15, 0.2) is 23.1 Å². The predicted molar refractivity (Wildman–Crippen MR) is 62.2 cm³/mol. The largest absolute Gasteiger partial charge is 0.507 e. The zero-order chi connectivity index (χ0) is 11.7. The lowest BCUT2D eigenvalue weighted by Gasteiger charge is -1.99. The second kappa shape index (κ2) is 4.19. The predicted octanol–water partition coefficient (Wildman–Crippen LogP) is 2.37. The van der Waals surface area contributed by atoms with Crippen LogP contribution in [-0.2, 0) is 4.79 Å². The number of phenolic OH excluding ortho intramolecular Hbond substituents is 1. The number of amides is 2. The third kappa shape index (κ3) is 2.20. The SMILES string of the molecule is O=C1NC(=O)C(=Cc2cc(Cl)ccc2O)S1. The van der Waals surface area contributed by atoms with Gasteiger partial charge in [0.2, 0.25) is 0 Å². The molecular formula is C10H6ClNO3S. The number of halogens is 1. The molecule has 0 atom stereocenters. The van der Waals surface area contributed by atoms with E-state index in [-0.39, 0.29) is 10.7 Å². The average Bonchev–Trinajstić information content (AvgIpc) is 2.51. The van der Waals surface area contributed by atoms with Gasteiger partial charge in [-0.25, -0.2) is 0 Å². The van der Waals surface area contributed by atoms with Crippen molar-refractivity contribution in [2.24, 2.45) is 0 Å². The smallest absolute Gasteiger partial charge is 0.290 e. The molecule has 1 aromatic rings. The Morgan fingerprint density at radius 1 is 1.38 bits per heavy atom. The minimum absolute atomic E-state index is 0.00430. The number of hydrogen-bond acceptors (Lipinski definition) is 4. The number of carbonyl (C=O) groups is 2. The van der Waals surface area contributed by atoms with Crippen LogP contribution in [0.5, 0.6) is 5.75 Å². The number of benzene rings is 1. The first-order valence-corrected chi connectivity index (χ1v) is 5.49. The van der Waals surface area contributed by atoms with Crippen molar-refractivity contribution in [1.82, 2.24) is 5.32 Å². The van der Waals surface area contributed by atoms with E-state index in [1.165, 1.54) is 24.3 Å². The van der Waals surface area contributed by atoms with Crippen molar-refractivity contribution in [2.75, 3.05) is 0 Å². The van der Waals surface area contributed by atoms with E-state index in [0.717, 1.165) is 11.8 Å². The number of aromatic hydroxyl groups is 1. The molecule has 0 saturated carbocycles. The van der Waals surface area contributed by atoms with Crippen molar-refractivity contribution in [3.63, 3.8) is 0 Å². The Kier molecular flexibility index (Phi) is 2.89. The Balaban J connectivity index is 2.39. The summed E-state index contributed by atoms with van der Waals surface area (Å²) in [5.41, 5.74) is 0.403. The van der Waals surface area contributed by atoms with Gasteiger partial charge in [0.25, 0.3) is 11.1 Å². The highest BCUT2D eigenvalue weighted by Gasteiger charge is 2.25. The lowest BCUT2D eigenvalue weighted by molar-refractivity contribution is -0.115. The minimum Gasteiger partial charge on any atom is -0.507 e. The van der Waals surface area contributed by atoms with Gasteiger partial charge in [0, 0.05) is 10.6 Å². The van der Waals surface area contributed by atoms with Gasteiger partial charge in [0.15, 0.2) is 0 Å². The van der Waals surface area contributed by atoms with E-state index in [1.54, 1.807) is 0 Å². The van der Waals surface area contributed by atoms with E-state index in [9.17, 15) is 14.7 Å². The molecule has 1 fully saturated rings. The Hall–Kier alpha value is -1.46. The fourth-order valence-corrected chi connectivity index (χ4v) is 2.06. The number of hydrogen-bond donors (Lipinski definition) is 2. The van der Waals surface area contributed by atoms with Crippen LogP contribution in [0.4, 0.5) is 4.79 Å². The van der Waals surface area contributed by atoms with E-state index in [4.69, 9.17) is 11.6 Å². The number of imide groups is 1. The van der Waals surface area contributed by atoms with E-state index >= 15 is 0 Å². The van der Waals surface area contributed by atoms with E-state index in [2.05, 4.69) is 5.32 Å². The molecule has 0 aliphatic carbocycles. The van der Waals surface area contributed by atoms with Gasteiger partial charge in [-0.3, -0.25) is 14.9 Å². The molecule has 0 radical (unpaired) electrons. The summed E-state index contributed by atoms with van der Waals surface area (Å²) in [6.45, 7) is 0. The molecule has 4 nitrogen and oxygen atoms in total. The van der Waals surface area contributed by atoms with E-state index in [1.807, 2.05) is 0 Å². The third-order valence-electron chi connectivity index (χ3n) is 1.92. The third-order valence-corrected chi connectivity index (χ3v) is 2.96. The fourth-order valence-electron chi connectivity index (χ4n) is 1.20. The molecule has 16 heavy (non-hydrogen) atoms. The molecule has 2 amide bonds. The number of thioether (sulfide) groups is 1. The lowest BCUT2D eigenvalue weighted by atomic mass is 10.2. The van der Waals surface area contributed by atoms with Crippen LogP contribution in [0.25, 0.3) is 6.08 Å². The second-order valence-corrected chi connectivity index (χ2v) is 4.51. The molecule has 0 spiro atoms. The zero-order valence-electron chi connectivity index (χ0n) is 7.86. The first-order valence-electron chi connectivity index (χ1n) is 4.29. The molecule has 82 valence electrons. The van der Waals surface area contributed by atoms with Crippen LogP contribution in [-0.4, -0.2) is 16.3 Å². The molecule has 0 aromatic heterocycles. The first-order chi connectivity index (χ1) is 7.56. The van der Waals surface area contributed by atoms with Gasteiger partial charge in [0.1, 0.15) is 5.75 Å². The van der Waals surface area contributed by atoms with Gasteiger partial charge in [-0.2, -0.15) is 0 Å². The Bertz CT molecular complexity index is 513. The normalized spacial score (nSPS) is 17.9. The van der Waals surface area contributed by atoms with Gasteiger partial charge < -0.3 is 5.11 Å². The summed E-state index contributed by atoms with van der Waals surface area (Å²) in [6, 6.07) is 4.47. The van der Waals surface area contributed by atoms with Crippen LogP contribution in [0.3, 0.4) is 0 Å². The molecule has 1 aliphatic heterocycles. The summed E-state index contributed by atoms with van der Waals surface area (Å²) in [4.78, 5) is 22.4. The number of rotatable bonds is 1. The van der Waals surface area contributed by atoms with Gasteiger partial charge in [-0.1, -0.05) is 11.6 Å². The van der Waals surface area contributed by atoms with Crippen molar-refractivity contribution in [2.45, 2.75) is 0 Å². The van der Waals surface area contributed by atoms with Gasteiger partial charge >= 0.3 is 0 Å². The van der Waals surface area contributed by atoms with Gasteiger partial charge in [0.05, 0.1) is 4.91 Å². The maximum atomic E-state index is 11.2. The zero-order valence-corrected chi connectivity index (χ0v) is 9.43. The molecule has 1 heterocycles. The summed E-state index contributed by atoms with van der Waals surface area (Å²) in [7, 11) is 0. The van der Waals surface area contributed by atoms with Crippen LogP contribution in [0, 0.1) is 0 Å². The highest BCUT2D eigenvalue weighted by molar-refractivity contribution is 8.18. The Labute approximate surface area is 100 Å². The summed E-state index contributed by atoms with van der Waals surface area (Å²) in [5.74, 6) is -0.459. The molecular weight excluding hydrogens is 250 g/mol. The van der Waals surface area contributed by atoms with Crippen molar-refractivity contribution in [3.8, 4) is 5.75 Å². The van der Waals surface area contributed by atoms with Gasteiger partial charge in [-0.05, 0) is 36.0 Å². The maximum absolute atomic E-state index is 11.2. The fraction of sp³-hybridized carbons (Fsp3) is 0. The average molecular weight is 256 g/mol. The summed E-state index contributed by atoms with van der Waals surface area (Å²) in [6.07, 6.45) is 1.42. The lowest BCUT2D eigenvalue weighted by Crippen LogP contribution is -2.17. The topological polar surface area (TPSA) is 66.4 Å². The summed E-state index contributed by atoms with van der Waals surface area (Å²) < 4.78 is 0. The molecule has 6 heteroatoms. The molecule has 0 bridgehead atoms. The highest BCUT2D eigenvalue weighted by atomic mass is 35.5. The molecule has 2 N–H and O–H groups in total. The number of nitrogens with one attached hydrogen (secondary N) is 1. The van der Waals surface area contributed by atoms with Crippen molar-refractivity contribution < 1.29 is 14.7 Å². The summed E-state index contributed by atoms with van der Waals surface area (Å²) >= 11 is 6.54. The molecule has 1 aliphatic rings. The maximum Gasteiger partial charge on any atom is 0.290 e. The Morgan fingerprint density at radius 3 is 2.75 bits per heavy atom. The van der Waals surface area contributed by atoms with Crippen molar-refractivity contribution >= 4 is 40.6 Å². The standard InChI is InChI=1S/C10H6ClNO3S/c11-6-1-2-7(13)5(3-6)4-8-9(14)12-10(15)16-8/h1-4,13H,(H,12,14,15). The first kappa shape index (κ1) is 11.0. The number of carbonyl (C=O) groups excluding carboxylic acids is 2. The quantitative estimate of drug-likeness (QED) is 0.756.